The Balaban J connectivity index is 2.08. The molecule has 23 heavy (non-hydrogen) atoms. The minimum atomic E-state index is -0.892. The predicted molar refractivity (Wildman–Crippen MR) is 83.4 cm³/mol. The first kappa shape index (κ1) is 15.1. The number of benzene rings is 2. The lowest BCUT2D eigenvalue weighted by atomic mass is 10.1. The summed E-state index contributed by atoms with van der Waals surface area (Å²) in [6, 6.07) is 10.2. The van der Waals surface area contributed by atoms with Gasteiger partial charge in [-0.25, -0.2) is 9.37 Å². The minimum absolute atomic E-state index is 0.0416. The van der Waals surface area contributed by atoms with Gasteiger partial charge in [-0.1, -0.05) is 11.6 Å². The molecule has 0 fully saturated rings. The number of rotatable bonds is 3. The van der Waals surface area contributed by atoms with E-state index in [1.807, 2.05) is 0 Å². The number of primary amides is 1. The molecular weight excluding hydrogens is 323 g/mol. The summed E-state index contributed by atoms with van der Waals surface area (Å²) in [5.41, 5.74) is 4.85. The molecule has 0 bridgehead atoms. The highest BCUT2D eigenvalue weighted by atomic mass is 35.5. The van der Waals surface area contributed by atoms with E-state index in [9.17, 15) is 14.3 Å². The molecule has 2 aromatic carbocycles. The molecule has 1 amide bonds. The summed E-state index contributed by atoms with van der Waals surface area (Å²) in [6.45, 7) is 0. The first-order valence-electron chi connectivity index (χ1n) is 6.51. The molecule has 0 saturated heterocycles. The summed E-state index contributed by atoms with van der Waals surface area (Å²) in [5, 5.41) is 10.9. The van der Waals surface area contributed by atoms with E-state index in [0.29, 0.717) is 16.9 Å². The van der Waals surface area contributed by atoms with Crippen LogP contribution in [0.4, 0.5) is 4.39 Å². The molecule has 0 spiro atoms. The Hall–Kier alpha value is -2.86. The summed E-state index contributed by atoms with van der Waals surface area (Å²) in [6.07, 6.45) is 0. The van der Waals surface area contributed by atoms with Crippen molar-refractivity contribution in [3.8, 4) is 17.2 Å². The zero-order chi connectivity index (χ0) is 16.6. The molecule has 0 atom stereocenters. The van der Waals surface area contributed by atoms with Crippen LogP contribution in [0.5, 0.6) is 17.2 Å². The minimum Gasteiger partial charge on any atom is -0.505 e. The highest BCUT2D eigenvalue weighted by molar-refractivity contribution is 6.35. The van der Waals surface area contributed by atoms with Crippen molar-refractivity contribution in [3.63, 3.8) is 0 Å². The molecule has 0 radical (unpaired) electrons. The number of amides is 1. The van der Waals surface area contributed by atoms with Crippen LogP contribution in [0.15, 0.2) is 42.5 Å². The summed E-state index contributed by atoms with van der Waals surface area (Å²) in [4.78, 5) is 15.1. The zero-order valence-corrected chi connectivity index (χ0v) is 12.3. The number of ether oxygens (including phenoxy) is 1. The smallest absolute Gasteiger partial charge is 0.271 e. The van der Waals surface area contributed by atoms with Crippen LogP contribution in [0.1, 0.15) is 10.5 Å². The van der Waals surface area contributed by atoms with Gasteiger partial charge in [0.1, 0.15) is 22.5 Å². The van der Waals surface area contributed by atoms with Crippen molar-refractivity contribution in [1.29, 1.82) is 0 Å². The second kappa shape index (κ2) is 5.73. The number of hydrogen-bond donors (Lipinski definition) is 2. The topological polar surface area (TPSA) is 85.4 Å². The molecule has 116 valence electrons. The number of aromatic nitrogens is 1. The van der Waals surface area contributed by atoms with Crippen LogP contribution in [0.3, 0.4) is 0 Å². The van der Waals surface area contributed by atoms with E-state index in [1.165, 1.54) is 30.3 Å². The molecule has 3 rings (SSSR count). The lowest BCUT2D eigenvalue weighted by molar-refractivity contribution is 0.0993. The third kappa shape index (κ3) is 2.89. The molecule has 0 aliphatic heterocycles. The Bertz CT molecular complexity index is 913. The largest absolute Gasteiger partial charge is 0.505 e. The summed E-state index contributed by atoms with van der Waals surface area (Å²) in [7, 11) is 0. The maximum Gasteiger partial charge on any atom is 0.271 e. The maximum atomic E-state index is 12.9. The van der Waals surface area contributed by atoms with Gasteiger partial charge in [0.2, 0.25) is 0 Å². The number of pyridine rings is 1. The molecule has 7 heteroatoms. The highest BCUT2D eigenvalue weighted by Crippen LogP contribution is 2.35. The number of aromatic hydroxyl groups is 1. The molecule has 1 heterocycles. The van der Waals surface area contributed by atoms with Crippen LogP contribution in [-0.4, -0.2) is 16.0 Å². The van der Waals surface area contributed by atoms with Gasteiger partial charge < -0.3 is 15.6 Å². The molecule has 3 aromatic rings. The fourth-order valence-corrected chi connectivity index (χ4v) is 2.36. The van der Waals surface area contributed by atoms with Crippen molar-refractivity contribution in [1.82, 2.24) is 4.98 Å². The quantitative estimate of drug-likeness (QED) is 0.717. The Morgan fingerprint density at radius 3 is 2.43 bits per heavy atom. The number of hydrogen-bond acceptors (Lipinski definition) is 4. The van der Waals surface area contributed by atoms with Gasteiger partial charge in [-0.05, 0) is 42.5 Å². The van der Waals surface area contributed by atoms with Crippen LogP contribution in [-0.2, 0) is 0 Å². The number of nitrogens with zero attached hydrogens (tertiary/aromatic N) is 1. The van der Waals surface area contributed by atoms with Gasteiger partial charge in [0.05, 0.1) is 0 Å². The average molecular weight is 333 g/mol. The van der Waals surface area contributed by atoms with E-state index >= 15 is 0 Å². The summed E-state index contributed by atoms with van der Waals surface area (Å²) < 4.78 is 18.5. The van der Waals surface area contributed by atoms with Gasteiger partial charge >= 0.3 is 0 Å². The van der Waals surface area contributed by atoms with Crippen molar-refractivity contribution in [2.24, 2.45) is 5.73 Å². The van der Waals surface area contributed by atoms with Gasteiger partial charge in [-0.2, -0.15) is 0 Å². The molecule has 1 aromatic heterocycles. The van der Waals surface area contributed by atoms with E-state index in [2.05, 4.69) is 4.98 Å². The molecule has 3 N–H and O–H groups in total. The van der Waals surface area contributed by atoms with Crippen LogP contribution in [0.2, 0.25) is 5.15 Å². The average Bonchev–Trinajstić information content (AvgIpc) is 2.53. The third-order valence-corrected chi connectivity index (χ3v) is 3.47. The van der Waals surface area contributed by atoms with Crippen LogP contribution in [0.25, 0.3) is 10.8 Å². The van der Waals surface area contributed by atoms with Crippen molar-refractivity contribution >= 4 is 28.3 Å². The van der Waals surface area contributed by atoms with Crippen LogP contribution in [0, 0.1) is 5.82 Å². The first-order valence-corrected chi connectivity index (χ1v) is 6.89. The molecular formula is C16H10ClFN2O3. The number of carbonyl (C=O) groups excluding carboxylic acids is 1. The fourth-order valence-electron chi connectivity index (χ4n) is 2.11. The first-order chi connectivity index (χ1) is 11.0. The Morgan fingerprint density at radius 1 is 1.13 bits per heavy atom. The second-order valence-electron chi connectivity index (χ2n) is 4.73. The molecule has 0 aliphatic carbocycles. The Kier molecular flexibility index (Phi) is 3.75. The van der Waals surface area contributed by atoms with Gasteiger partial charge in [0, 0.05) is 10.8 Å². The predicted octanol–water partition coefficient (Wildman–Crippen LogP) is 3.62. The number of nitrogens with two attached hydrogens (primary N) is 1. The van der Waals surface area contributed by atoms with Crippen molar-refractivity contribution in [3.05, 3.63) is 59.1 Å². The normalized spacial score (nSPS) is 10.7. The van der Waals surface area contributed by atoms with Crippen molar-refractivity contribution in [2.75, 3.05) is 0 Å². The van der Waals surface area contributed by atoms with Crippen LogP contribution < -0.4 is 10.5 Å². The summed E-state index contributed by atoms with van der Waals surface area (Å²) in [5.74, 6) is -0.854. The monoisotopic (exact) mass is 332 g/mol. The number of halogens is 2. The van der Waals surface area contributed by atoms with Gasteiger partial charge in [-0.15, -0.1) is 0 Å². The van der Waals surface area contributed by atoms with E-state index in [1.54, 1.807) is 12.1 Å². The van der Waals surface area contributed by atoms with E-state index < -0.39 is 5.91 Å². The lowest BCUT2D eigenvalue weighted by Crippen LogP contribution is -2.13. The highest BCUT2D eigenvalue weighted by Gasteiger charge is 2.17. The Morgan fingerprint density at radius 2 is 1.78 bits per heavy atom. The van der Waals surface area contributed by atoms with Crippen molar-refractivity contribution in [2.45, 2.75) is 0 Å². The summed E-state index contributed by atoms with van der Waals surface area (Å²) >= 11 is 6.00. The molecule has 5 nitrogen and oxygen atoms in total. The fraction of sp³-hybridized carbons (Fsp3) is 0. The molecule has 0 aliphatic rings. The van der Waals surface area contributed by atoms with Crippen molar-refractivity contribution < 1.29 is 19.0 Å². The number of fused-ring (bicyclic) bond motifs is 1. The van der Waals surface area contributed by atoms with Gasteiger partial charge in [0.15, 0.2) is 11.4 Å². The van der Waals surface area contributed by atoms with E-state index in [0.717, 1.165) is 0 Å². The number of carbonyl (C=O) groups is 1. The van der Waals surface area contributed by atoms with Gasteiger partial charge in [0.25, 0.3) is 5.91 Å². The standard InChI is InChI=1S/C16H10ClFN2O3/c17-15-11-6-5-10(23-9-3-1-8(18)2-4-9)7-12(11)14(21)13(20-15)16(19)22/h1-7,21H,(H2,19,22). The second-order valence-corrected chi connectivity index (χ2v) is 5.09. The Labute approximate surface area is 135 Å². The molecule has 0 unspecified atom stereocenters. The zero-order valence-electron chi connectivity index (χ0n) is 11.6. The van der Waals surface area contributed by atoms with Crippen LogP contribution >= 0.6 is 11.6 Å². The van der Waals surface area contributed by atoms with Gasteiger partial charge in [-0.3, -0.25) is 4.79 Å². The molecule has 0 saturated carbocycles. The maximum absolute atomic E-state index is 12.9. The lowest BCUT2D eigenvalue weighted by Gasteiger charge is -2.10. The van der Waals surface area contributed by atoms with E-state index in [4.69, 9.17) is 22.1 Å². The third-order valence-electron chi connectivity index (χ3n) is 3.19. The SMILES string of the molecule is NC(=O)c1nc(Cl)c2ccc(Oc3ccc(F)cc3)cc2c1O. The van der Waals surface area contributed by atoms with E-state index in [-0.39, 0.29) is 27.8 Å².